The summed E-state index contributed by atoms with van der Waals surface area (Å²) in [6, 6.07) is 11.1. The Kier molecular flexibility index (Phi) is 8.41. The third-order valence-electron chi connectivity index (χ3n) is 5.04. The van der Waals surface area contributed by atoms with Gasteiger partial charge in [0, 0.05) is 24.8 Å². The minimum Gasteiger partial charge on any atom is -0.493 e. The first-order valence-corrected chi connectivity index (χ1v) is 10.9. The molecular weight excluding hydrogens is 426 g/mol. The number of nitrogens with one attached hydrogen (secondary N) is 2. The molecule has 8 nitrogen and oxygen atoms in total. The molecule has 0 saturated heterocycles. The Hall–Kier alpha value is -3.17. The van der Waals surface area contributed by atoms with Gasteiger partial charge in [0.2, 0.25) is 5.88 Å². The summed E-state index contributed by atoms with van der Waals surface area (Å²) >= 11 is 5.38. The Balaban J connectivity index is 1.64. The van der Waals surface area contributed by atoms with Gasteiger partial charge in [-0.3, -0.25) is 0 Å². The predicted octanol–water partition coefficient (Wildman–Crippen LogP) is 4.07. The molecular formula is C23H29N5O3S. The Labute approximate surface area is 193 Å². The fourth-order valence-corrected chi connectivity index (χ4v) is 3.42. The van der Waals surface area contributed by atoms with Crippen LogP contribution in [0.15, 0.2) is 42.7 Å². The number of nitrogens with zero attached hydrogens (tertiary/aromatic N) is 3. The second kappa shape index (κ2) is 11.4. The van der Waals surface area contributed by atoms with E-state index in [1.807, 2.05) is 30.3 Å². The Morgan fingerprint density at radius 3 is 2.34 bits per heavy atom. The average Bonchev–Trinajstić information content (AvgIpc) is 2.82. The summed E-state index contributed by atoms with van der Waals surface area (Å²) in [5, 5.41) is 7.74. The zero-order chi connectivity index (χ0) is 22.9. The normalized spacial score (nSPS) is 10.8. The van der Waals surface area contributed by atoms with Crippen molar-refractivity contribution in [3.63, 3.8) is 0 Å². The van der Waals surface area contributed by atoms with Crippen LogP contribution in [0.25, 0.3) is 10.9 Å². The third kappa shape index (κ3) is 5.95. The highest BCUT2D eigenvalue weighted by atomic mass is 32.1. The van der Waals surface area contributed by atoms with Gasteiger partial charge in [0.1, 0.15) is 12.1 Å². The number of fused-ring (bicyclic) bond motifs is 1. The van der Waals surface area contributed by atoms with Crippen LogP contribution in [0.1, 0.15) is 13.8 Å². The maximum absolute atomic E-state index is 6.01. The van der Waals surface area contributed by atoms with E-state index in [1.54, 1.807) is 20.3 Å². The number of anilines is 1. The number of likely N-dealkylation sites (N-methyl/N-ethyl adjacent to an activating group) is 1. The highest BCUT2D eigenvalue weighted by Crippen LogP contribution is 2.35. The maximum atomic E-state index is 6.01. The van der Waals surface area contributed by atoms with E-state index in [2.05, 4.69) is 39.3 Å². The highest BCUT2D eigenvalue weighted by Gasteiger charge is 2.12. The van der Waals surface area contributed by atoms with Crippen LogP contribution in [0.4, 0.5) is 5.69 Å². The van der Waals surface area contributed by atoms with Crippen molar-refractivity contribution in [2.75, 3.05) is 45.7 Å². The van der Waals surface area contributed by atoms with Crippen LogP contribution in [-0.4, -0.2) is 60.4 Å². The van der Waals surface area contributed by atoms with Crippen LogP contribution in [0.5, 0.6) is 23.1 Å². The number of methoxy groups -OCH3 is 2. The molecule has 0 amide bonds. The molecule has 2 N–H and O–H groups in total. The van der Waals surface area contributed by atoms with E-state index in [9.17, 15) is 0 Å². The fourth-order valence-electron chi connectivity index (χ4n) is 3.20. The molecule has 0 aliphatic rings. The first-order chi connectivity index (χ1) is 15.6. The van der Waals surface area contributed by atoms with Crippen LogP contribution in [0, 0.1) is 0 Å². The largest absolute Gasteiger partial charge is 0.493 e. The van der Waals surface area contributed by atoms with Gasteiger partial charge < -0.3 is 29.7 Å². The molecule has 9 heteroatoms. The van der Waals surface area contributed by atoms with Gasteiger partial charge >= 0.3 is 0 Å². The van der Waals surface area contributed by atoms with Gasteiger partial charge in [0.25, 0.3) is 0 Å². The molecule has 0 aliphatic carbocycles. The standard InChI is InChI=1S/C23H29N5O3S/c1-5-28(6-2)12-11-24-23(32)27-16-7-9-17(10-8-16)31-22-18-13-20(29-3)21(30-4)14-19(18)25-15-26-22/h7-10,13-15H,5-6,11-12H2,1-4H3,(H2,24,27,32). The van der Waals surface area contributed by atoms with Crippen molar-refractivity contribution in [3.05, 3.63) is 42.7 Å². The Morgan fingerprint density at radius 1 is 1.00 bits per heavy atom. The van der Waals surface area contributed by atoms with Gasteiger partial charge in [-0.05, 0) is 55.6 Å². The van der Waals surface area contributed by atoms with Gasteiger partial charge in [-0.1, -0.05) is 13.8 Å². The van der Waals surface area contributed by atoms with E-state index in [1.165, 1.54) is 6.33 Å². The SMILES string of the molecule is CCN(CC)CCNC(=S)Nc1ccc(Oc2ncnc3cc(OC)c(OC)cc23)cc1. The predicted molar refractivity (Wildman–Crippen MR) is 131 cm³/mol. The second-order valence-electron chi connectivity index (χ2n) is 6.94. The number of benzene rings is 2. The summed E-state index contributed by atoms with van der Waals surface area (Å²) in [5.74, 6) is 2.26. The molecule has 2 aromatic carbocycles. The molecule has 0 aliphatic heterocycles. The van der Waals surface area contributed by atoms with E-state index in [0.29, 0.717) is 33.8 Å². The molecule has 3 rings (SSSR count). The summed E-state index contributed by atoms with van der Waals surface area (Å²) in [7, 11) is 3.17. The molecule has 170 valence electrons. The summed E-state index contributed by atoms with van der Waals surface area (Å²) < 4.78 is 16.7. The molecule has 0 spiro atoms. The smallest absolute Gasteiger partial charge is 0.230 e. The van der Waals surface area contributed by atoms with Crippen LogP contribution < -0.4 is 24.8 Å². The number of rotatable bonds is 10. The summed E-state index contributed by atoms with van der Waals surface area (Å²) in [4.78, 5) is 10.9. The Morgan fingerprint density at radius 2 is 1.69 bits per heavy atom. The van der Waals surface area contributed by atoms with Crippen LogP contribution in [0.3, 0.4) is 0 Å². The molecule has 1 aromatic heterocycles. The first kappa shape index (κ1) is 23.5. The average molecular weight is 456 g/mol. The van der Waals surface area contributed by atoms with Crippen LogP contribution in [-0.2, 0) is 0 Å². The van der Waals surface area contributed by atoms with Gasteiger partial charge in [0.05, 0.1) is 25.1 Å². The minimum atomic E-state index is 0.435. The quantitative estimate of drug-likeness (QED) is 0.440. The number of thiocarbonyl (C=S) groups is 1. The third-order valence-corrected chi connectivity index (χ3v) is 5.29. The molecule has 32 heavy (non-hydrogen) atoms. The lowest BCUT2D eigenvalue weighted by Gasteiger charge is -2.19. The first-order valence-electron chi connectivity index (χ1n) is 10.5. The van der Waals surface area contributed by atoms with Crippen molar-refractivity contribution in [2.24, 2.45) is 0 Å². The lowest BCUT2D eigenvalue weighted by molar-refractivity contribution is 0.308. The molecule has 0 atom stereocenters. The monoisotopic (exact) mass is 455 g/mol. The topological polar surface area (TPSA) is 80.8 Å². The highest BCUT2D eigenvalue weighted by molar-refractivity contribution is 7.80. The zero-order valence-electron chi connectivity index (χ0n) is 18.8. The van der Waals surface area contributed by atoms with Gasteiger partial charge in [-0.25, -0.2) is 9.97 Å². The fraction of sp³-hybridized carbons (Fsp3) is 0.348. The molecule has 3 aromatic rings. The zero-order valence-corrected chi connectivity index (χ0v) is 19.7. The van der Waals surface area contributed by atoms with E-state index in [-0.39, 0.29) is 0 Å². The lowest BCUT2D eigenvalue weighted by atomic mass is 10.2. The van der Waals surface area contributed by atoms with Gasteiger partial charge in [-0.2, -0.15) is 0 Å². The van der Waals surface area contributed by atoms with Crippen molar-refractivity contribution < 1.29 is 14.2 Å². The minimum absolute atomic E-state index is 0.435. The number of aromatic nitrogens is 2. The lowest BCUT2D eigenvalue weighted by Crippen LogP contribution is -2.36. The van der Waals surface area contributed by atoms with E-state index in [0.717, 1.165) is 37.3 Å². The van der Waals surface area contributed by atoms with Crippen molar-refractivity contribution in [1.29, 1.82) is 0 Å². The molecule has 1 heterocycles. The van der Waals surface area contributed by atoms with E-state index in [4.69, 9.17) is 26.4 Å². The number of hydrogen-bond acceptors (Lipinski definition) is 7. The van der Waals surface area contributed by atoms with Crippen molar-refractivity contribution in [2.45, 2.75) is 13.8 Å². The van der Waals surface area contributed by atoms with Crippen LogP contribution in [0.2, 0.25) is 0 Å². The van der Waals surface area contributed by atoms with Gasteiger partial charge in [-0.15, -0.1) is 0 Å². The number of ether oxygens (including phenoxy) is 3. The van der Waals surface area contributed by atoms with Crippen LogP contribution >= 0.6 is 12.2 Å². The maximum Gasteiger partial charge on any atom is 0.230 e. The molecule has 0 unspecified atom stereocenters. The molecule has 0 bridgehead atoms. The molecule has 0 radical (unpaired) electrons. The number of hydrogen-bond donors (Lipinski definition) is 2. The van der Waals surface area contributed by atoms with Crippen molar-refractivity contribution in [1.82, 2.24) is 20.2 Å². The van der Waals surface area contributed by atoms with Crippen molar-refractivity contribution >= 4 is 33.9 Å². The summed E-state index contributed by atoms with van der Waals surface area (Å²) in [6.45, 7) is 8.11. The molecule has 0 fully saturated rings. The summed E-state index contributed by atoms with van der Waals surface area (Å²) in [6.07, 6.45) is 1.46. The van der Waals surface area contributed by atoms with Gasteiger partial charge in [0.15, 0.2) is 16.6 Å². The van der Waals surface area contributed by atoms with Crippen molar-refractivity contribution in [3.8, 4) is 23.1 Å². The van der Waals surface area contributed by atoms with E-state index < -0.39 is 0 Å². The Bertz CT molecular complexity index is 1040. The van der Waals surface area contributed by atoms with E-state index >= 15 is 0 Å². The molecule has 0 saturated carbocycles. The summed E-state index contributed by atoms with van der Waals surface area (Å²) in [5.41, 5.74) is 1.57. The second-order valence-corrected chi connectivity index (χ2v) is 7.35.